The van der Waals surface area contributed by atoms with Gasteiger partial charge in [-0.3, -0.25) is 20.4 Å². The van der Waals surface area contributed by atoms with Crippen molar-refractivity contribution in [2.45, 2.75) is 33.1 Å². The number of amides is 1. The number of benzene rings is 1. The molecule has 156 valence electrons. The van der Waals surface area contributed by atoms with Gasteiger partial charge in [-0.1, -0.05) is 0 Å². The molecule has 0 unspecified atom stereocenters. The quantitative estimate of drug-likeness (QED) is 0.431. The van der Waals surface area contributed by atoms with Gasteiger partial charge in [0, 0.05) is 47.0 Å². The third-order valence-electron chi connectivity index (χ3n) is 5.03. The Morgan fingerprint density at radius 3 is 2.70 bits per heavy atom. The van der Waals surface area contributed by atoms with Gasteiger partial charge in [0.25, 0.3) is 0 Å². The highest BCUT2D eigenvalue weighted by atomic mass is 16.5. The van der Waals surface area contributed by atoms with Gasteiger partial charge in [0.2, 0.25) is 17.8 Å². The molecule has 1 saturated carbocycles. The molecule has 0 atom stereocenters. The predicted molar refractivity (Wildman–Crippen MR) is 117 cm³/mol. The number of anilines is 1. The number of nitrogens with one attached hydrogen (secondary N) is 3. The van der Waals surface area contributed by atoms with Crippen LogP contribution in [-0.2, 0) is 11.2 Å². The van der Waals surface area contributed by atoms with E-state index in [1.807, 2.05) is 44.3 Å². The van der Waals surface area contributed by atoms with Gasteiger partial charge < -0.3 is 9.72 Å². The van der Waals surface area contributed by atoms with Gasteiger partial charge in [-0.25, -0.2) is 9.97 Å². The molecule has 0 spiro atoms. The number of fused-ring (bicyclic) bond motifs is 1. The highest BCUT2D eigenvalue weighted by Crippen LogP contribution is 2.28. The smallest absolute Gasteiger partial charge is 0.229 e. The highest BCUT2D eigenvalue weighted by Gasteiger charge is 2.30. The first-order valence-corrected chi connectivity index (χ1v) is 10.1. The standard InChI is InChI=1S/C22H26N6O2/c1-13-10-14(2)26-22(25-13)28-21(27-20(29)15-4-5-15)23-9-8-16-12-24-19-11-17(30-3)6-7-18(16)19/h6-7,10-12,15,24H,4-5,8-9H2,1-3H3,(H2,23,25,26,27,28,29). The second-order valence-corrected chi connectivity index (χ2v) is 7.57. The van der Waals surface area contributed by atoms with Crippen LogP contribution in [0.2, 0.25) is 0 Å². The van der Waals surface area contributed by atoms with Gasteiger partial charge in [-0.15, -0.1) is 0 Å². The largest absolute Gasteiger partial charge is 0.497 e. The molecule has 1 aliphatic rings. The summed E-state index contributed by atoms with van der Waals surface area (Å²) in [6, 6.07) is 7.86. The molecular formula is C22H26N6O2. The molecule has 1 aliphatic carbocycles. The van der Waals surface area contributed by atoms with E-state index in [1.54, 1.807) is 7.11 Å². The minimum atomic E-state index is -0.00943. The Hall–Kier alpha value is -3.42. The maximum atomic E-state index is 12.3. The first-order chi connectivity index (χ1) is 14.5. The summed E-state index contributed by atoms with van der Waals surface area (Å²) in [6.45, 7) is 4.33. The molecular weight excluding hydrogens is 380 g/mol. The Kier molecular flexibility index (Phi) is 5.65. The fourth-order valence-electron chi connectivity index (χ4n) is 3.35. The van der Waals surface area contributed by atoms with Gasteiger partial charge in [-0.05, 0) is 56.9 Å². The minimum Gasteiger partial charge on any atom is -0.497 e. The molecule has 1 fully saturated rings. The lowest BCUT2D eigenvalue weighted by Crippen LogP contribution is -2.37. The lowest BCUT2D eigenvalue weighted by atomic mass is 10.1. The van der Waals surface area contributed by atoms with Crippen LogP contribution >= 0.6 is 0 Å². The first-order valence-electron chi connectivity index (χ1n) is 10.1. The number of nitrogens with zero attached hydrogens (tertiary/aromatic N) is 3. The summed E-state index contributed by atoms with van der Waals surface area (Å²) in [5.74, 6) is 1.71. The number of methoxy groups -OCH3 is 1. The van der Waals surface area contributed by atoms with Crippen LogP contribution in [0.1, 0.15) is 29.8 Å². The van der Waals surface area contributed by atoms with Crippen LogP contribution < -0.4 is 15.4 Å². The molecule has 8 heteroatoms. The van der Waals surface area contributed by atoms with Crippen molar-refractivity contribution in [3.05, 3.63) is 47.4 Å². The maximum absolute atomic E-state index is 12.3. The Morgan fingerprint density at radius 2 is 2.00 bits per heavy atom. The molecule has 4 rings (SSSR count). The topological polar surface area (TPSA) is 104 Å². The number of hydrogen-bond acceptors (Lipinski definition) is 5. The van der Waals surface area contributed by atoms with E-state index in [-0.39, 0.29) is 11.8 Å². The fourth-order valence-corrected chi connectivity index (χ4v) is 3.35. The second-order valence-electron chi connectivity index (χ2n) is 7.57. The second kappa shape index (κ2) is 8.52. The van der Waals surface area contributed by atoms with Crippen molar-refractivity contribution in [1.29, 1.82) is 0 Å². The van der Waals surface area contributed by atoms with E-state index in [9.17, 15) is 4.79 Å². The average molecular weight is 406 g/mol. The third kappa shape index (κ3) is 4.76. The Morgan fingerprint density at radius 1 is 1.23 bits per heavy atom. The molecule has 30 heavy (non-hydrogen) atoms. The number of aromatic nitrogens is 3. The van der Waals surface area contributed by atoms with Gasteiger partial charge >= 0.3 is 0 Å². The normalized spacial score (nSPS) is 14.0. The Labute approximate surface area is 175 Å². The molecule has 3 aromatic rings. The van der Waals surface area contributed by atoms with Crippen LogP contribution in [0, 0.1) is 19.8 Å². The number of guanidine groups is 1. The van der Waals surface area contributed by atoms with E-state index in [0.717, 1.165) is 52.9 Å². The summed E-state index contributed by atoms with van der Waals surface area (Å²) in [5, 5.41) is 7.11. The summed E-state index contributed by atoms with van der Waals surface area (Å²) in [7, 11) is 1.66. The van der Waals surface area contributed by atoms with E-state index in [2.05, 4.69) is 30.6 Å². The third-order valence-corrected chi connectivity index (χ3v) is 5.03. The first kappa shape index (κ1) is 19.9. The van der Waals surface area contributed by atoms with Crippen LogP contribution in [0.4, 0.5) is 5.95 Å². The van der Waals surface area contributed by atoms with Crippen molar-refractivity contribution >= 4 is 28.7 Å². The molecule has 8 nitrogen and oxygen atoms in total. The molecule has 3 N–H and O–H groups in total. The zero-order valence-electron chi connectivity index (χ0n) is 17.5. The lowest BCUT2D eigenvalue weighted by Gasteiger charge is -2.11. The van der Waals surface area contributed by atoms with Crippen molar-refractivity contribution in [2.24, 2.45) is 10.9 Å². The summed E-state index contributed by atoms with van der Waals surface area (Å²) >= 11 is 0. The number of rotatable bonds is 6. The highest BCUT2D eigenvalue weighted by molar-refractivity contribution is 6.04. The van der Waals surface area contributed by atoms with Crippen LogP contribution in [-0.4, -0.2) is 40.5 Å². The Balaban J connectivity index is 1.49. The maximum Gasteiger partial charge on any atom is 0.229 e. The van der Waals surface area contributed by atoms with E-state index >= 15 is 0 Å². The number of aliphatic imine (C=N–C) groups is 1. The molecule has 2 aromatic heterocycles. The van der Waals surface area contributed by atoms with Gasteiger partial charge in [0.1, 0.15) is 5.75 Å². The fraction of sp³-hybridized carbons (Fsp3) is 0.364. The summed E-state index contributed by atoms with van der Waals surface area (Å²) in [4.78, 5) is 28.9. The van der Waals surface area contributed by atoms with Crippen LogP contribution in [0.15, 0.2) is 35.5 Å². The summed E-state index contributed by atoms with van der Waals surface area (Å²) in [6.07, 6.45) is 4.57. The number of carbonyl (C=O) groups excluding carboxylic acids is 1. The van der Waals surface area contributed by atoms with E-state index in [4.69, 9.17) is 4.74 Å². The van der Waals surface area contributed by atoms with Crippen molar-refractivity contribution < 1.29 is 9.53 Å². The summed E-state index contributed by atoms with van der Waals surface area (Å²) in [5.41, 5.74) is 3.89. The molecule has 0 saturated heterocycles. The average Bonchev–Trinajstić information content (AvgIpc) is 3.48. The number of H-pyrrole nitrogens is 1. The lowest BCUT2D eigenvalue weighted by molar-refractivity contribution is -0.120. The van der Waals surface area contributed by atoms with Crippen molar-refractivity contribution in [3.8, 4) is 5.75 Å². The molecule has 0 bridgehead atoms. The van der Waals surface area contributed by atoms with Crippen LogP contribution in [0.25, 0.3) is 10.9 Å². The zero-order valence-corrected chi connectivity index (χ0v) is 17.5. The number of hydrogen-bond donors (Lipinski definition) is 3. The number of ether oxygens (including phenoxy) is 1. The van der Waals surface area contributed by atoms with E-state index in [0.29, 0.717) is 18.5 Å². The van der Waals surface area contributed by atoms with E-state index < -0.39 is 0 Å². The van der Waals surface area contributed by atoms with Crippen molar-refractivity contribution in [2.75, 3.05) is 19.0 Å². The number of aromatic amines is 1. The van der Waals surface area contributed by atoms with Gasteiger partial charge in [0.15, 0.2) is 0 Å². The molecule has 0 radical (unpaired) electrons. The minimum absolute atomic E-state index is 0.00943. The van der Waals surface area contributed by atoms with E-state index in [1.165, 1.54) is 0 Å². The number of aryl methyl sites for hydroxylation is 2. The van der Waals surface area contributed by atoms with Gasteiger partial charge in [0.05, 0.1) is 7.11 Å². The van der Waals surface area contributed by atoms with Crippen molar-refractivity contribution in [1.82, 2.24) is 20.3 Å². The predicted octanol–water partition coefficient (Wildman–Crippen LogP) is 3.12. The Bertz CT molecular complexity index is 1080. The number of carbonyl (C=O) groups is 1. The molecule has 0 aliphatic heterocycles. The van der Waals surface area contributed by atoms with Crippen LogP contribution in [0.5, 0.6) is 5.75 Å². The zero-order chi connectivity index (χ0) is 21.1. The van der Waals surface area contributed by atoms with Crippen LogP contribution in [0.3, 0.4) is 0 Å². The molecule has 1 amide bonds. The van der Waals surface area contributed by atoms with Gasteiger partial charge in [-0.2, -0.15) is 0 Å². The molecule has 1 aromatic carbocycles. The van der Waals surface area contributed by atoms with Crippen molar-refractivity contribution in [3.63, 3.8) is 0 Å². The molecule has 2 heterocycles. The monoisotopic (exact) mass is 406 g/mol. The summed E-state index contributed by atoms with van der Waals surface area (Å²) < 4.78 is 5.28. The SMILES string of the molecule is COc1ccc2c(CCN=C(NC(=O)C3CC3)Nc3nc(C)cc(C)n3)c[nH]c2c1.